The van der Waals surface area contributed by atoms with Crippen LogP contribution in [0.5, 0.6) is 0 Å². The van der Waals surface area contributed by atoms with E-state index in [1.807, 2.05) is 18.5 Å². The summed E-state index contributed by atoms with van der Waals surface area (Å²) in [6.07, 6.45) is 3.70. The second-order valence-corrected chi connectivity index (χ2v) is 3.62. The molecule has 1 aromatic heterocycles. The largest absolute Gasteiger partial charge is 0.330 e. The van der Waals surface area contributed by atoms with Crippen LogP contribution >= 0.6 is 0 Å². The number of nitrogens with zero attached hydrogens (tertiary/aromatic N) is 1. The highest BCUT2D eigenvalue weighted by atomic mass is 14.6. The molecular weight excluding hydrogens is 172 g/mol. The van der Waals surface area contributed by atoms with Gasteiger partial charge in [-0.2, -0.15) is 0 Å². The fourth-order valence-electron chi connectivity index (χ4n) is 1.54. The summed E-state index contributed by atoms with van der Waals surface area (Å²) in [5, 5.41) is 2.42. The third-order valence-electron chi connectivity index (χ3n) is 2.59. The van der Waals surface area contributed by atoms with E-state index < -0.39 is 0 Å². The molecule has 1 atom stereocenters. The first kappa shape index (κ1) is 9.16. The normalized spacial score (nSPS) is 13.0. The van der Waals surface area contributed by atoms with Crippen LogP contribution in [0.4, 0.5) is 0 Å². The Labute approximate surface area is 83.8 Å². The quantitative estimate of drug-likeness (QED) is 0.781. The van der Waals surface area contributed by atoms with Crippen molar-refractivity contribution in [3.8, 4) is 0 Å². The standard InChI is InChI=1S/C12H14N2/c1-9(7-13)10-2-3-12-8-14-5-4-11(12)6-10/h2-6,8-9H,7,13H2,1H3/t9-/m1/s1. The first-order chi connectivity index (χ1) is 6.81. The van der Waals surface area contributed by atoms with Crippen LogP contribution in [-0.4, -0.2) is 11.5 Å². The van der Waals surface area contributed by atoms with Gasteiger partial charge in [-0.25, -0.2) is 0 Å². The highest BCUT2D eigenvalue weighted by Crippen LogP contribution is 2.19. The molecule has 0 saturated heterocycles. The fraction of sp³-hybridized carbons (Fsp3) is 0.250. The lowest BCUT2D eigenvalue weighted by atomic mass is 9.99. The van der Waals surface area contributed by atoms with Gasteiger partial charge in [0.1, 0.15) is 0 Å². The maximum absolute atomic E-state index is 5.64. The van der Waals surface area contributed by atoms with Crippen LogP contribution in [0, 0.1) is 0 Å². The van der Waals surface area contributed by atoms with Crippen LogP contribution in [0.3, 0.4) is 0 Å². The topological polar surface area (TPSA) is 38.9 Å². The van der Waals surface area contributed by atoms with E-state index in [2.05, 4.69) is 30.1 Å². The maximum atomic E-state index is 5.64. The minimum Gasteiger partial charge on any atom is -0.330 e. The summed E-state index contributed by atoms with van der Waals surface area (Å²) < 4.78 is 0. The molecular formula is C12H14N2. The van der Waals surface area contributed by atoms with E-state index in [4.69, 9.17) is 5.73 Å². The van der Waals surface area contributed by atoms with Crippen LogP contribution in [0.15, 0.2) is 36.7 Å². The van der Waals surface area contributed by atoms with Crippen LogP contribution in [0.1, 0.15) is 18.4 Å². The average molecular weight is 186 g/mol. The fourth-order valence-corrected chi connectivity index (χ4v) is 1.54. The molecule has 0 bridgehead atoms. The second-order valence-electron chi connectivity index (χ2n) is 3.62. The summed E-state index contributed by atoms with van der Waals surface area (Å²) in [6.45, 7) is 2.83. The van der Waals surface area contributed by atoms with Gasteiger partial charge < -0.3 is 5.73 Å². The van der Waals surface area contributed by atoms with Gasteiger partial charge in [-0.1, -0.05) is 25.1 Å². The molecule has 0 spiro atoms. The van der Waals surface area contributed by atoms with Gasteiger partial charge >= 0.3 is 0 Å². The van der Waals surface area contributed by atoms with Gasteiger partial charge in [-0.05, 0) is 29.5 Å². The molecule has 1 heterocycles. The summed E-state index contributed by atoms with van der Waals surface area (Å²) in [7, 11) is 0. The van der Waals surface area contributed by atoms with E-state index in [9.17, 15) is 0 Å². The van der Waals surface area contributed by atoms with E-state index in [0.717, 1.165) is 0 Å². The van der Waals surface area contributed by atoms with Crippen LogP contribution in [0.2, 0.25) is 0 Å². The van der Waals surface area contributed by atoms with E-state index in [1.165, 1.54) is 16.3 Å². The monoisotopic (exact) mass is 186 g/mol. The number of hydrogen-bond acceptors (Lipinski definition) is 2. The number of aromatic nitrogens is 1. The number of benzene rings is 1. The van der Waals surface area contributed by atoms with Gasteiger partial charge in [-0.3, -0.25) is 4.98 Å². The van der Waals surface area contributed by atoms with Crippen molar-refractivity contribution in [2.24, 2.45) is 5.73 Å². The zero-order valence-electron chi connectivity index (χ0n) is 8.27. The molecule has 0 fully saturated rings. The number of fused-ring (bicyclic) bond motifs is 1. The van der Waals surface area contributed by atoms with Gasteiger partial charge in [0, 0.05) is 17.8 Å². The van der Waals surface area contributed by atoms with Crippen molar-refractivity contribution in [3.63, 3.8) is 0 Å². The minimum absolute atomic E-state index is 0.424. The van der Waals surface area contributed by atoms with Gasteiger partial charge in [0.15, 0.2) is 0 Å². The van der Waals surface area contributed by atoms with Gasteiger partial charge in [0.05, 0.1) is 0 Å². The molecule has 0 amide bonds. The van der Waals surface area contributed by atoms with E-state index in [1.54, 1.807) is 0 Å². The zero-order valence-corrected chi connectivity index (χ0v) is 8.27. The lowest BCUT2D eigenvalue weighted by Crippen LogP contribution is -2.08. The first-order valence-corrected chi connectivity index (χ1v) is 4.85. The molecule has 14 heavy (non-hydrogen) atoms. The predicted molar refractivity (Wildman–Crippen MR) is 59.2 cm³/mol. The predicted octanol–water partition coefficient (Wildman–Crippen LogP) is 2.30. The molecule has 0 saturated carbocycles. The molecule has 2 rings (SSSR count). The summed E-state index contributed by atoms with van der Waals surface area (Å²) in [5.41, 5.74) is 6.93. The Kier molecular flexibility index (Phi) is 2.46. The molecule has 1 aromatic carbocycles. The van der Waals surface area contributed by atoms with Crippen LogP contribution in [0.25, 0.3) is 10.8 Å². The van der Waals surface area contributed by atoms with Crippen molar-refractivity contribution < 1.29 is 0 Å². The highest BCUT2D eigenvalue weighted by molar-refractivity contribution is 5.82. The lowest BCUT2D eigenvalue weighted by Gasteiger charge is -2.09. The van der Waals surface area contributed by atoms with Gasteiger partial charge in [0.2, 0.25) is 0 Å². The number of hydrogen-bond donors (Lipinski definition) is 1. The zero-order chi connectivity index (χ0) is 9.97. The molecule has 0 aliphatic heterocycles. The summed E-state index contributed by atoms with van der Waals surface area (Å²) >= 11 is 0. The maximum Gasteiger partial charge on any atom is 0.0346 e. The van der Waals surface area contributed by atoms with Crippen LogP contribution in [-0.2, 0) is 0 Å². The van der Waals surface area contributed by atoms with Crippen molar-refractivity contribution in [3.05, 3.63) is 42.2 Å². The van der Waals surface area contributed by atoms with Crippen molar-refractivity contribution in [2.45, 2.75) is 12.8 Å². The van der Waals surface area contributed by atoms with E-state index in [0.29, 0.717) is 12.5 Å². The molecule has 0 radical (unpaired) electrons. The van der Waals surface area contributed by atoms with Gasteiger partial charge in [-0.15, -0.1) is 0 Å². The molecule has 2 heteroatoms. The van der Waals surface area contributed by atoms with Gasteiger partial charge in [0.25, 0.3) is 0 Å². The molecule has 2 nitrogen and oxygen atoms in total. The summed E-state index contributed by atoms with van der Waals surface area (Å²) in [5.74, 6) is 0.424. The lowest BCUT2D eigenvalue weighted by molar-refractivity contribution is 0.775. The van der Waals surface area contributed by atoms with E-state index >= 15 is 0 Å². The van der Waals surface area contributed by atoms with Crippen molar-refractivity contribution >= 4 is 10.8 Å². The average Bonchev–Trinajstić information content (AvgIpc) is 2.27. The Bertz CT molecular complexity index is 437. The molecule has 2 N–H and O–H groups in total. The number of rotatable bonds is 2. The SMILES string of the molecule is C[C@H](CN)c1ccc2cnccc2c1. The second kappa shape index (κ2) is 3.76. The Balaban J connectivity index is 2.51. The highest BCUT2D eigenvalue weighted by Gasteiger charge is 2.03. The summed E-state index contributed by atoms with van der Waals surface area (Å²) in [6, 6.07) is 8.45. The van der Waals surface area contributed by atoms with E-state index in [-0.39, 0.29) is 0 Å². The number of pyridine rings is 1. The van der Waals surface area contributed by atoms with Crippen molar-refractivity contribution in [1.29, 1.82) is 0 Å². The summed E-state index contributed by atoms with van der Waals surface area (Å²) in [4.78, 5) is 4.08. The van der Waals surface area contributed by atoms with Crippen LogP contribution < -0.4 is 5.73 Å². The Morgan fingerprint density at radius 1 is 1.29 bits per heavy atom. The smallest absolute Gasteiger partial charge is 0.0346 e. The molecule has 0 aliphatic rings. The Morgan fingerprint density at radius 3 is 2.93 bits per heavy atom. The first-order valence-electron chi connectivity index (χ1n) is 4.85. The number of nitrogens with two attached hydrogens (primary N) is 1. The van der Waals surface area contributed by atoms with Crippen molar-refractivity contribution in [1.82, 2.24) is 4.98 Å². The molecule has 2 aromatic rings. The third kappa shape index (κ3) is 1.61. The van der Waals surface area contributed by atoms with Crippen molar-refractivity contribution in [2.75, 3.05) is 6.54 Å². The molecule has 0 aliphatic carbocycles. The molecule has 0 unspecified atom stereocenters. The Hall–Kier alpha value is -1.41. The molecule has 72 valence electrons. The minimum atomic E-state index is 0.424. The third-order valence-corrected chi connectivity index (χ3v) is 2.59. The Morgan fingerprint density at radius 2 is 2.14 bits per heavy atom.